The van der Waals surface area contributed by atoms with E-state index in [1.807, 2.05) is 0 Å². The highest BCUT2D eigenvalue weighted by atomic mass is 16.4. The Balaban J connectivity index is 1.60. The molecule has 6 nitrogen and oxygen atoms in total. The second-order valence-electron chi connectivity index (χ2n) is 6.54. The van der Waals surface area contributed by atoms with Gasteiger partial charge < -0.3 is 15.7 Å². The zero-order valence-electron chi connectivity index (χ0n) is 12.4. The fourth-order valence-corrected chi connectivity index (χ4v) is 3.71. The van der Waals surface area contributed by atoms with Crippen molar-refractivity contribution in [2.45, 2.75) is 56.7 Å². The zero-order valence-corrected chi connectivity index (χ0v) is 12.4. The molecule has 3 rings (SSSR count). The number of hydrogen-bond acceptors (Lipinski definition) is 4. The van der Waals surface area contributed by atoms with Crippen molar-refractivity contribution in [3.63, 3.8) is 0 Å². The van der Waals surface area contributed by atoms with Gasteiger partial charge in [-0.2, -0.15) is 0 Å². The van der Waals surface area contributed by atoms with Gasteiger partial charge in [-0.3, -0.25) is 9.69 Å². The van der Waals surface area contributed by atoms with Crippen molar-refractivity contribution in [1.29, 1.82) is 0 Å². The number of rotatable bonds is 5. The third-order valence-electron chi connectivity index (χ3n) is 5.03. The van der Waals surface area contributed by atoms with E-state index in [-0.39, 0.29) is 17.9 Å². The monoisotopic (exact) mass is 295 g/mol. The van der Waals surface area contributed by atoms with Crippen molar-refractivity contribution in [3.8, 4) is 0 Å². The van der Waals surface area contributed by atoms with Gasteiger partial charge in [0.2, 0.25) is 5.91 Å². The summed E-state index contributed by atoms with van der Waals surface area (Å²) in [5, 5.41) is 15.4. The van der Waals surface area contributed by atoms with Crippen molar-refractivity contribution < 1.29 is 14.7 Å². The Morgan fingerprint density at radius 3 is 2.48 bits per heavy atom. The Morgan fingerprint density at radius 1 is 1.14 bits per heavy atom. The average Bonchev–Trinajstić information content (AvgIpc) is 3.20. The maximum Gasteiger partial charge on any atom is 0.326 e. The smallest absolute Gasteiger partial charge is 0.326 e. The highest BCUT2D eigenvalue weighted by Crippen LogP contribution is 2.33. The number of hydrogen-bond donors (Lipinski definition) is 3. The van der Waals surface area contributed by atoms with Crippen LogP contribution in [0.15, 0.2) is 0 Å². The molecular formula is C15H25N3O3. The summed E-state index contributed by atoms with van der Waals surface area (Å²) in [6.07, 6.45) is 5.87. The molecule has 2 saturated heterocycles. The number of carbonyl (C=O) groups excluding carboxylic acids is 1. The van der Waals surface area contributed by atoms with Crippen LogP contribution in [0.25, 0.3) is 0 Å². The molecule has 118 valence electrons. The molecular weight excluding hydrogens is 270 g/mol. The molecule has 0 radical (unpaired) electrons. The molecule has 3 fully saturated rings. The SMILES string of the molecule is O=C(O)C(NC(=O)C1CCCN1C1CCNCC1)C1CC1. The summed E-state index contributed by atoms with van der Waals surface area (Å²) in [6, 6.07) is -0.352. The summed E-state index contributed by atoms with van der Waals surface area (Å²) in [7, 11) is 0. The number of carboxylic acids is 1. The topological polar surface area (TPSA) is 81.7 Å². The van der Waals surface area contributed by atoms with Crippen LogP contribution in [0.3, 0.4) is 0 Å². The lowest BCUT2D eigenvalue weighted by molar-refractivity contribution is -0.143. The van der Waals surface area contributed by atoms with E-state index < -0.39 is 12.0 Å². The quantitative estimate of drug-likeness (QED) is 0.674. The van der Waals surface area contributed by atoms with E-state index in [1.165, 1.54) is 0 Å². The summed E-state index contributed by atoms with van der Waals surface area (Å²) in [6.45, 7) is 2.98. The normalized spacial score (nSPS) is 29.2. The van der Waals surface area contributed by atoms with E-state index in [9.17, 15) is 14.7 Å². The molecule has 0 spiro atoms. The molecule has 0 aromatic carbocycles. The molecule has 0 aromatic heterocycles. The van der Waals surface area contributed by atoms with Gasteiger partial charge in [-0.05, 0) is 64.1 Å². The first-order chi connectivity index (χ1) is 10.2. The van der Waals surface area contributed by atoms with Gasteiger partial charge in [-0.15, -0.1) is 0 Å². The maximum atomic E-state index is 12.5. The Bertz CT molecular complexity index is 405. The first kappa shape index (κ1) is 14.8. The van der Waals surface area contributed by atoms with Crippen LogP contribution in [0.1, 0.15) is 38.5 Å². The second-order valence-corrected chi connectivity index (χ2v) is 6.54. The molecule has 3 aliphatic rings. The molecule has 21 heavy (non-hydrogen) atoms. The van der Waals surface area contributed by atoms with Gasteiger partial charge in [0, 0.05) is 6.04 Å². The third kappa shape index (κ3) is 3.37. The highest BCUT2D eigenvalue weighted by molar-refractivity contribution is 5.87. The summed E-state index contributed by atoms with van der Waals surface area (Å²) in [4.78, 5) is 26.1. The van der Waals surface area contributed by atoms with E-state index in [4.69, 9.17) is 0 Å². The Hall–Kier alpha value is -1.14. The maximum absolute atomic E-state index is 12.5. The highest BCUT2D eigenvalue weighted by Gasteiger charge is 2.41. The van der Waals surface area contributed by atoms with Crippen LogP contribution in [0, 0.1) is 5.92 Å². The first-order valence-electron chi connectivity index (χ1n) is 8.16. The lowest BCUT2D eigenvalue weighted by Crippen LogP contribution is -2.54. The van der Waals surface area contributed by atoms with Gasteiger partial charge in [0.05, 0.1) is 6.04 Å². The van der Waals surface area contributed by atoms with Crippen LogP contribution in [0.2, 0.25) is 0 Å². The molecule has 0 bridgehead atoms. The molecule has 6 heteroatoms. The van der Waals surface area contributed by atoms with Crippen molar-refractivity contribution in [2.24, 2.45) is 5.92 Å². The van der Waals surface area contributed by atoms with E-state index in [1.54, 1.807) is 0 Å². The number of nitrogens with zero attached hydrogens (tertiary/aromatic N) is 1. The summed E-state index contributed by atoms with van der Waals surface area (Å²) in [5.74, 6) is -0.831. The Kier molecular flexibility index (Phi) is 4.45. The molecule has 2 unspecified atom stereocenters. The predicted octanol–water partition coefficient (Wildman–Crippen LogP) is 0.182. The van der Waals surface area contributed by atoms with Crippen LogP contribution in [-0.2, 0) is 9.59 Å². The van der Waals surface area contributed by atoms with Crippen LogP contribution in [0.4, 0.5) is 0 Å². The minimum Gasteiger partial charge on any atom is -0.480 e. The minimum atomic E-state index is -0.891. The van der Waals surface area contributed by atoms with Crippen LogP contribution < -0.4 is 10.6 Å². The number of piperidine rings is 1. The number of likely N-dealkylation sites (tertiary alicyclic amines) is 1. The number of aliphatic carboxylic acids is 1. The van der Waals surface area contributed by atoms with Crippen LogP contribution in [-0.4, -0.2) is 59.6 Å². The van der Waals surface area contributed by atoms with Gasteiger partial charge in [0.25, 0.3) is 0 Å². The first-order valence-corrected chi connectivity index (χ1v) is 8.16. The van der Waals surface area contributed by atoms with Gasteiger partial charge in [0.15, 0.2) is 0 Å². The summed E-state index contributed by atoms with van der Waals surface area (Å²) in [5.41, 5.74) is 0. The molecule has 0 aromatic rings. The molecule has 3 N–H and O–H groups in total. The van der Waals surface area contributed by atoms with Crippen LogP contribution >= 0.6 is 0 Å². The van der Waals surface area contributed by atoms with Crippen molar-refractivity contribution in [3.05, 3.63) is 0 Å². The minimum absolute atomic E-state index is 0.0784. The van der Waals surface area contributed by atoms with E-state index in [0.717, 1.165) is 58.2 Å². The van der Waals surface area contributed by atoms with E-state index in [0.29, 0.717) is 6.04 Å². The number of carboxylic acid groups (broad SMARTS) is 1. The lowest BCUT2D eigenvalue weighted by Gasteiger charge is -2.35. The van der Waals surface area contributed by atoms with Gasteiger partial charge in [-0.25, -0.2) is 4.79 Å². The number of amides is 1. The van der Waals surface area contributed by atoms with Crippen molar-refractivity contribution in [1.82, 2.24) is 15.5 Å². The average molecular weight is 295 g/mol. The number of nitrogens with one attached hydrogen (secondary N) is 2. The summed E-state index contributed by atoms with van der Waals surface area (Å²) >= 11 is 0. The number of carbonyl (C=O) groups is 2. The van der Waals surface area contributed by atoms with E-state index in [2.05, 4.69) is 15.5 Å². The van der Waals surface area contributed by atoms with Gasteiger partial charge >= 0.3 is 5.97 Å². The second kappa shape index (κ2) is 6.32. The van der Waals surface area contributed by atoms with Gasteiger partial charge in [0.1, 0.15) is 6.04 Å². The molecule has 2 atom stereocenters. The van der Waals surface area contributed by atoms with Crippen LogP contribution in [0.5, 0.6) is 0 Å². The molecule has 2 aliphatic heterocycles. The molecule has 1 saturated carbocycles. The fourth-order valence-electron chi connectivity index (χ4n) is 3.71. The molecule has 2 heterocycles. The standard InChI is InChI=1S/C15H25N3O3/c19-14(17-13(15(20)21)10-3-4-10)12-2-1-9-18(12)11-5-7-16-8-6-11/h10-13,16H,1-9H2,(H,17,19)(H,20,21). The lowest BCUT2D eigenvalue weighted by atomic mass is 10.0. The fraction of sp³-hybridized carbons (Fsp3) is 0.867. The zero-order chi connectivity index (χ0) is 14.8. The largest absolute Gasteiger partial charge is 0.480 e. The Labute approximate surface area is 125 Å². The van der Waals surface area contributed by atoms with Crippen molar-refractivity contribution >= 4 is 11.9 Å². The van der Waals surface area contributed by atoms with Gasteiger partial charge in [-0.1, -0.05) is 0 Å². The molecule has 1 amide bonds. The van der Waals surface area contributed by atoms with E-state index >= 15 is 0 Å². The summed E-state index contributed by atoms with van der Waals surface area (Å²) < 4.78 is 0. The predicted molar refractivity (Wildman–Crippen MR) is 77.9 cm³/mol. The van der Waals surface area contributed by atoms with Crippen molar-refractivity contribution in [2.75, 3.05) is 19.6 Å². The Morgan fingerprint density at radius 2 is 1.86 bits per heavy atom. The molecule has 1 aliphatic carbocycles. The third-order valence-corrected chi connectivity index (χ3v) is 5.03.